The monoisotopic (exact) mass is 206 g/mol. The van der Waals surface area contributed by atoms with Crippen LogP contribution in [0.25, 0.3) is 5.78 Å². The van der Waals surface area contributed by atoms with Gasteiger partial charge in [-0.05, 0) is 31.1 Å². The standard InChI is InChI=1S/C9H10N4S/c1-14-9-11-8-10-5-6-3-2-4-7(6)13(8)12-9/h5H,2-4H2,1H3. The molecule has 0 bridgehead atoms. The number of thioether (sulfide) groups is 1. The number of rotatable bonds is 1. The van der Waals surface area contributed by atoms with Crippen molar-refractivity contribution in [3.05, 3.63) is 17.5 Å². The van der Waals surface area contributed by atoms with Crippen LogP contribution in [0.2, 0.25) is 0 Å². The summed E-state index contributed by atoms with van der Waals surface area (Å²) < 4.78 is 1.90. The molecule has 1 aliphatic carbocycles. The highest BCUT2D eigenvalue weighted by Gasteiger charge is 2.16. The summed E-state index contributed by atoms with van der Waals surface area (Å²) in [5.41, 5.74) is 2.62. The van der Waals surface area contributed by atoms with Crippen LogP contribution in [-0.4, -0.2) is 25.8 Å². The van der Waals surface area contributed by atoms with Gasteiger partial charge in [-0.1, -0.05) is 11.8 Å². The van der Waals surface area contributed by atoms with E-state index in [0.29, 0.717) is 0 Å². The van der Waals surface area contributed by atoms with E-state index in [2.05, 4.69) is 15.1 Å². The molecule has 0 radical (unpaired) electrons. The van der Waals surface area contributed by atoms with Crippen LogP contribution in [0.15, 0.2) is 11.4 Å². The Bertz CT molecular complexity index is 491. The molecule has 3 rings (SSSR count). The summed E-state index contributed by atoms with van der Waals surface area (Å²) in [5, 5.41) is 5.21. The lowest BCUT2D eigenvalue weighted by molar-refractivity contribution is 0.810. The molecule has 0 spiro atoms. The topological polar surface area (TPSA) is 43.1 Å². The first-order valence-electron chi connectivity index (χ1n) is 4.66. The minimum absolute atomic E-state index is 0.731. The summed E-state index contributed by atoms with van der Waals surface area (Å²) in [5.74, 6) is 0.731. The maximum absolute atomic E-state index is 4.41. The van der Waals surface area contributed by atoms with Gasteiger partial charge in [0.15, 0.2) is 0 Å². The van der Waals surface area contributed by atoms with Crippen molar-refractivity contribution in [1.82, 2.24) is 19.6 Å². The highest BCUT2D eigenvalue weighted by atomic mass is 32.2. The van der Waals surface area contributed by atoms with Crippen LogP contribution in [-0.2, 0) is 12.8 Å². The molecule has 2 aromatic heterocycles. The van der Waals surface area contributed by atoms with Gasteiger partial charge in [-0.15, -0.1) is 5.10 Å². The van der Waals surface area contributed by atoms with E-state index >= 15 is 0 Å². The van der Waals surface area contributed by atoms with Gasteiger partial charge in [-0.3, -0.25) is 0 Å². The Hall–Kier alpha value is -1.10. The van der Waals surface area contributed by atoms with Gasteiger partial charge in [0.1, 0.15) is 0 Å². The molecular weight excluding hydrogens is 196 g/mol. The fourth-order valence-electron chi connectivity index (χ4n) is 1.90. The lowest BCUT2D eigenvalue weighted by atomic mass is 10.3. The zero-order chi connectivity index (χ0) is 9.54. The summed E-state index contributed by atoms with van der Waals surface area (Å²) in [6.45, 7) is 0. The van der Waals surface area contributed by atoms with E-state index in [4.69, 9.17) is 0 Å². The van der Waals surface area contributed by atoms with E-state index in [1.54, 1.807) is 11.8 Å². The van der Waals surface area contributed by atoms with E-state index < -0.39 is 0 Å². The molecule has 4 nitrogen and oxygen atoms in total. The van der Waals surface area contributed by atoms with Crippen LogP contribution in [0, 0.1) is 0 Å². The van der Waals surface area contributed by atoms with Crippen molar-refractivity contribution < 1.29 is 0 Å². The molecule has 0 unspecified atom stereocenters. The summed E-state index contributed by atoms with van der Waals surface area (Å²) in [6, 6.07) is 0. The van der Waals surface area contributed by atoms with Crippen LogP contribution >= 0.6 is 11.8 Å². The fourth-order valence-corrected chi connectivity index (χ4v) is 2.24. The average Bonchev–Trinajstić information content (AvgIpc) is 2.82. The summed E-state index contributed by atoms with van der Waals surface area (Å²) in [4.78, 5) is 8.61. The Morgan fingerprint density at radius 2 is 2.36 bits per heavy atom. The molecule has 0 saturated carbocycles. The smallest absolute Gasteiger partial charge is 0.219 e. The molecule has 2 heterocycles. The molecule has 2 aromatic rings. The first-order chi connectivity index (χ1) is 6.88. The van der Waals surface area contributed by atoms with Crippen molar-refractivity contribution >= 4 is 17.5 Å². The Morgan fingerprint density at radius 1 is 1.43 bits per heavy atom. The average molecular weight is 206 g/mol. The number of hydrogen-bond donors (Lipinski definition) is 0. The third-order valence-corrected chi connectivity index (χ3v) is 3.11. The SMILES string of the molecule is CSc1nc2ncc3c(n2n1)CCC3. The van der Waals surface area contributed by atoms with Gasteiger partial charge in [0, 0.05) is 6.20 Å². The van der Waals surface area contributed by atoms with Crippen LogP contribution in [0.3, 0.4) is 0 Å². The molecule has 0 N–H and O–H groups in total. The molecule has 0 amide bonds. The zero-order valence-electron chi connectivity index (χ0n) is 7.90. The molecule has 0 fully saturated rings. The van der Waals surface area contributed by atoms with Crippen molar-refractivity contribution in [1.29, 1.82) is 0 Å². The molecule has 72 valence electrons. The maximum atomic E-state index is 4.41. The largest absolute Gasteiger partial charge is 0.253 e. The van der Waals surface area contributed by atoms with Crippen LogP contribution < -0.4 is 0 Å². The Kier molecular flexibility index (Phi) is 1.73. The number of aromatic nitrogens is 4. The van der Waals surface area contributed by atoms with Crippen LogP contribution in [0.5, 0.6) is 0 Å². The van der Waals surface area contributed by atoms with Crippen molar-refractivity contribution in [2.75, 3.05) is 6.26 Å². The van der Waals surface area contributed by atoms with Gasteiger partial charge < -0.3 is 0 Å². The first-order valence-corrected chi connectivity index (χ1v) is 5.88. The summed E-state index contributed by atoms with van der Waals surface area (Å²) in [7, 11) is 0. The van der Waals surface area contributed by atoms with E-state index in [1.807, 2.05) is 17.0 Å². The lowest BCUT2D eigenvalue weighted by Gasteiger charge is -1.98. The van der Waals surface area contributed by atoms with E-state index in [9.17, 15) is 0 Å². The van der Waals surface area contributed by atoms with Gasteiger partial charge in [0.25, 0.3) is 5.78 Å². The number of fused-ring (bicyclic) bond motifs is 3. The molecular formula is C9H10N4S. The third kappa shape index (κ3) is 1.05. The number of nitrogens with zero attached hydrogens (tertiary/aromatic N) is 4. The van der Waals surface area contributed by atoms with E-state index in [-0.39, 0.29) is 0 Å². The van der Waals surface area contributed by atoms with E-state index in [1.165, 1.54) is 17.7 Å². The van der Waals surface area contributed by atoms with Crippen LogP contribution in [0.1, 0.15) is 17.7 Å². The van der Waals surface area contributed by atoms with Crippen molar-refractivity contribution in [2.45, 2.75) is 24.4 Å². The van der Waals surface area contributed by atoms with Gasteiger partial charge in [-0.25, -0.2) is 4.98 Å². The molecule has 5 heteroatoms. The Morgan fingerprint density at radius 3 is 3.21 bits per heavy atom. The third-order valence-electron chi connectivity index (χ3n) is 2.58. The zero-order valence-corrected chi connectivity index (χ0v) is 8.71. The second kappa shape index (κ2) is 2.95. The second-order valence-corrected chi connectivity index (χ2v) is 4.17. The second-order valence-electron chi connectivity index (χ2n) is 3.39. The van der Waals surface area contributed by atoms with Gasteiger partial charge in [0.2, 0.25) is 5.16 Å². The van der Waals surface area contributed by atoms with Crippen molar-refractivity contribution in [3.8, 4) is 0 Å². The predicted molar refractivity (Wildman–Crippen MR) is 54.6 cm³/mol. The molecule has 0 aromatic carbocycles. The predicted octanol–water partition coefficient (Wildman–Crippen LogP) is 1.33. The molecule has 1 aliphatic rings. The Labute approximate surface area is 85.8 Å². The quantitative estimate of drug-likeness (QED) is 0.660. The first kappa shape index (κ1) is 8.23. The van der Waals surface area contributed by atoms with Gasteiger partial charge >= 0.3 is 0 Å². The molecule has 14 heavy (non-hydrogen) atoms. The molecule has 0 atom stereocenters. The van der Waals surface area contributed by atoms with Crippen LogP contribution in [0.4, 0.5) is 0 Å². The normalized spacial score (nSPS) is 14.9. The number of hydrogen-bond acceptors (Lipinski definition) is 4. The fraction of sp³-hybridized carbons (Fsp3) is 0.444. The minimum atomic E-state index is 0.731. The summed E-state index contributed by atoms with van der Waals surface area (Å²) in [6.07, 6.45) is 7.37. The highest BCUT2D eigenvalue weighted by Crippen LogP contribution is 2.21. The van der Waals surface area contributed by atoms with E-state index in [0.717, 1.165) is 23.8 Å². The number of aryl methyl sites for hydroxylation is 2. The van der Waals surface area contributed by atoms with Gasteiger partial charge in [-0.2, -0.15) is 9.50 Å². The minimum Gasteiger partial charge on any atom is -0.219 e. The molecule has 0 aliphatic heterocycles. The van der Waals surface area contributed by atoms with Gasteiger partial charge in [0.05, 0.1) is 5.69 Å². The Balaban J connectivity index is 2.31. The maximum Gasteiger partial charge on any atom is 0.253 e. The highest BCUT2D eigenvalue weighted by molar-refractivity contribution is 7.98. The lowest BCUT2D eigenvalue weighted by Crippen LogP contribution is -1.99. The summed E-state index contributed by atoms with van der Waals surface area (Å²) >= 11 is 1.56. The van der Waals surface area contributed by atoms with Crippen molar-refractivity contribution in [2.24, 2.45) is 0 Å². The molecule has 0 saturated heterocycles. The van der Waals surface area contributed by atoms with Crippen molar-refractivity contribution in [3.63, 3.8) is 0 Å².